The average molecular weight is 400 g/mol. The van der Waals surface area contributed by atoms with Gasteiger partial charge in [0.1, 0.15) is 11.2 Å². The van der Waals surface area contributed by atoms with Crippen LogP contribution in [0.15, 0.2) is 41.9 Å². The van der Waals surface area contributed by atoms with E-state index in [1.165, 1.54) is 6.42 Å². The molecule has 3 rings (SSSR count). The van der Waals surface area contributed by atoms with Crippen molar-refractivity contribution in [2.45, 2.75) is 70.5 Å². The van der Waals surface area contributed by atoms with Crippen LogP contribution in [-0.2, 0) is 11.3 Å². The summed E-state index contributed by atoms with van der Waals surface area (Å²) in [5, 5.41) is 5.22. The van der Waals surface area contributed by atoms with Gasteiger partial charge in [-0.2, -0.15) is 0 Å². The highest BCUT2D eigenvalue weighted by molar-refractivity contribution is 7.09. The number of carbonyl (C=O) groups excluding carboxylic acids is 2. The van der Waals surface area contributed by atoms with Crippen LogP contribution >= 0.6 is 11.3 Å². The van der Waals surface area contributed by atoms with E-state index in [9.17, 15) is 9.59 Å². The Morgan fingerprint density at radius 3 is 2.61 bits per heavy atom. The Labute approximate surface area is 171 Å². The average Bonchev–Trinajstić information content (AvgIpc) is 3.25. The second-order valence-electron chi connectivity index (χ2n) is 7.62. The van der Waals surface area contributed by atoms with E-state index in [1.54, 1.807) is 40.6 Å². The molecule has 6 heteroatoms. The molecule has 28 heavy (non-hydrogen) atoms. The van der Waals surface area contributed by atoms with E-state index >= 15 is 0 Å². The van der Waals surface area contributed by atoms with Crippen molar-refractivity contribution in [3.63, 3.8) is 0 Å². The van der Waals surface area contributed by atoms with E-state index in [4.69, 9.17) is 0 Å². The molecule has 0 bridgehead atoms. The summed E-state index contributed by atoms with van der Waals surface area (Å²) in [6, 6.07) is 9.47. The fourth-order valence-electron chi connectivity index (χ4n) is 3.72. The summed E-state index contributed by atoms with van der Waals surface area (Å²) >= 11 is 1.59. The topological polar surface area (TPSA) is 62.3 Å². The van der Waals surface area contributed by atoms with Gasteiger partial charge in [0.15, 0.2) is 0 Å². The minimum atomic E-state index is -0.934. The summed E-state index contributed by atoms with van der Waals surface area (Å²) in [5.74, 6) is -0.278. The highest BCUT2D eigenvalue weighted by Crippen LogP contribution is 2.27. The van der Waals surface area contributed by atoms with E-state index < -0.39 is 5.54 Å². The maximum absolute atomic E-state index is 13.4. The van der Waals surface area contributed by atoms with Gasteiger partial charge in [0, 0.05) is 17.1 Å². The molecule has 1 unspecified atom stereocenters. The number of amides is 2. The largest absolute Gasteiger partial charge is 0.351 e. The molecule has 0 radical (unpaired) electrons. The molecule has 0 aliphatic heterocycles. The first-order chi connectivity index (χ1) is 13.5. The second kappa shape index (κ2) is 9.32. The summed E-state index contributed by atoms with van der Waals surface area (Å²) in [4.78, 5) is 33.7. The third-order valence-electron chi connectivity index (χ3n) is 5.74. The van der Waals surface area contributed by atoms with Crippen LogP contribution in [0.2, 0.25) is 0 Å². The molecule has 2 amide bonds. The Kier molecular flexibility index (Phi) is 6.83. The minimum absolute atomic E-state index is 0.0669. The van der Waals surface area contributed by atoms with Crippen molar-refractivity contribution < 1.29 is 9.59 Å². The van der Waals surface area contributed by atoms with Crippen LogP contribution in [0.4, 0.5) is 0 Å². The Morgan fingerprint density at radius 1 is 1.21 bits per heavy atom. The molecule has 0 saturated heterocycles. The first kappa shape index (κ1) is 20.5. The molecule has 5 nitrogen and oxygen atoms in total. The first-order valence-electron chi connectivity index (χ1n) is 10.1. The standard InChI is InChI=1S/C22H29N3O2S/c1-3-22(2,21(27)24-17-10-5-4-6-11-17)25(16-18-12-9-15-28-18)20(26)19-13-7-8-14-23-19/h7-9,12-15,17H,3-6,10-11,16H2,1-2H3,(H,24,27). The molecule has 1 fully saturated rings. The summed E-state index contributed by atoms with van der Waals surface area (Å²) in [6.45, 7) is 4.24. The number of nitrogens with zero attached hydrogens (tertiary/aromatic N) is 2. The number of hydrogen-bond acceptors (Lipinski definition) is 4. The van der Waals surface area contributed by atoms with Gasteiger partial charge < -0.3 is 10.2 Å². The molecule has 1 N–H and O–H groups in total. The molecule has 2 aromatic heterocycles. The van der Waals surface area contributed by atoms with Gasteiger partial charge in [-0.05, 0) is 49.8 Å². The molecule has 0 aromatic carbocycles. The molecule has 1 atom stereocenters. The zero-order valence-corrected chi connectivity index (χ0v) is 17.5. The monoisotopic (exact) mass is 399 g/mol. The van der Waals surface area contributed by atoms with Gasteiger partial charge in [-0.1, -0.05) is 38.3 Å². The van der Waals surface area contributed by atoms with Crippen molar-refractivity contribution in [1.29, 1.82) is 0 Å². The molecule has 1 saturated carbocycles. The maximum Gasteiger partial charge on any atom is 0.273 e. The lowest BCUT2D eigenvalue weighted by molar-refractivity contribution is -0.132. The highest BCUT2D eigenvalue weighted by Gasteiger charge is 2.42. The molecule has 0 spiro atoms. The van der Waals surface area contributed by atoms with Crippen LogP contribution in [0.25, 0.3) is 0 Å². The van der Waals surface area contributed by atoms with Gasteiger partial charge in [0.05, 0.1) is 6.54 Å². The Balaban J connectivity index is 1.88. The normalized spacial score (nSPS) is 16.9. The number of carbonyl (C=O) groups is 2. The SMILES string of the molecule is CCC(C)(C(=O)NC1CCCCC1)N(Cc1cccs1)C(=O)c1ccccn1. The molecular weight excluding hydrogens is 370 g/mol. The van der Waals surface area contributed by atoms with Gasteiger partial charge >= 0.3 is 0 Å². The predicted molar refractivity (Wildman–Crippen MR) is 112 cm³/mol. The van der Waals surface area contributed by atoms with Gasteiger partial charge in [0.25, 0.3) is 5.91 Å². The predicted octanol–water partition coefficient (Wildman–Crippen LogP) is 4.40. The van der Waals surface area contributed by atoms with Crippen LogP contribution < -0.4 is 5.32 Å². The summed E-state index contributed by atoms with van der Waals surface area (Å²) in [6.07, 6.45) is 7.73. The zero-order valence-electron chi connectivity index (χ0n) is 16.7. The van der Waals surface area contributed by atoms with E-state index in [1.807, 2.05) is 31.4 Å². The fourth-order valence-corrected chi connectivity index (χ4v) is 4.41. The van der Waals surface area contributed by atoms with E-state index in [2.05, 4.69) is 10.3 Å². The van der Waals surface area contributed by atoms with Crippen molar-refractivity contribution in [2.24, 2.45) is 0 Å². The summed E-state index contributed by atoms with van der Waals surface area (Å²) < 4.78 is 0. The van der Waals surface area contributed by atoms with Crippen molar-refractivity contribution >= 4 is 23.2 Å². The number of nitrogens with one attached hydrogen (secondary N) is 1. The summed E-state index contributed by atoms with van der Waals surface area (Å²) in [7, 11) is 0. The Morgan fingerprint density at radius 2 is 2.00 bits per heavy atom. The van der Waals surface area contributed by atoms with Crippen LogP contribution in [0.3, 0.4) is 0 Å². The van der Waals surface area contributed by atoms with Gasteiger partial charge in [-0.3, -0.25) is 14.6 Å². The molecule has 1 aliphatic rings. The lowest BCUT2D eigenvalue weighted by atomic mass is 9.91. The number of aromatic nitrogens is 1. The van der Waals surface area contributed by atoms with Crippen LogP contribution in [0, 0.1) is 0 Å². The molecule has 1 aliphatic carbocycles. The number of thiophene rings is 1. The minimum Gasteiger partial charge on any atom is -0.351 e. The second-order valence-corrected chi connectivity index (χ2v) is 8.65. The van der Waals surface area contributed by atoms with E-state index in [-0.39, 0.29) is 17.9 Å². The lowest BCUT2D eigenvalue weighted by Gasteiger charge is -2.40. The van der Waals surface area contributed by atoms with E-state index in [0.29, 0.717) is 18.7 Å². The number of pyridine rings is 1. The van der Waals surface area contributed by atoms with Crippen molar-refractivity contribution in [3.8, 4) is 0 Å². The van der Waals surface area contributed by atoms with Crippen LogP contribution in [0.5, 0.6) is 0 Å². The Bertz CT molecular complexity index is 772. The Hall–Kier alpha value is -2.21. The third kappa shape index (κ3) is 4.61. The third-order valence-corrected chi connectivity index (χ3v) is 6.60. The van der Waals surface area contributed by atoms with Gasteiger partial charge in [-0.25, -0.2) is 0 Å². The van der Waals surface area contributed by atoms with E-state index in [0.717, 1.165) is 30.6 Å². The van der Waals surface area contributed by atoms with Crippen molar-refractivity contribution in [2.75, 3.05) is 0 Å². The summed E-state index contributed by atoms with van der Waals surface area (Å²) in [5.41, 5.74) is -0.569. The fraction of sp³-hybridized carbons (Fsp3) is 0.500. The van der Waals surface area contributed by atoms with Crippen LogP contribution in [-0.4, -0.2) is 33.3 Å². The van der Waals surface area contributed by atoms with Gasteiger partial charge in [-0.15, -0.1) is 11.3 Å². The smallest absolute Gasteiger partial charge is 0.273 e. The number of hydrogen-bond donors (Lipinski definition) is 1. The molecule has 2 heterocycles. The van der Waals surface area contributed by atoms with Gasteiger partial charge in [0.2, 0.25) is 5.91 Å². The molecule has 2 aromatic rings. The number of rotatable bonds is 7. The zero-order chi connectivity index (χ0) is 20.0. The first-order valence-corrected chi connectivity index (χ1v) is 11.0. The quantitative estimate of drug-likeness (QED) is 0.750. The van der Waals surface area contributed by atoms with Crippen LogP contribution in [0.1, 0.15) is 67.7 Å². The molecule has 150 valence electrons. The van der Waals surface area contributed by atoms with Crippen molar-refractivity contribution in [3.05, 3.63) is 52.5 Å². The maximum atomic E-state index is 13.4. The lowest BCUT2D eigenvalue weighted by Crippen LogP contribution is -2.60. The van der Waals surface area contributed by atoms with Crippen molar-refractivity contribution in [1.82, 2.24) is 15.2 Å². The highest BCUT2D eigenvalue weighted by atomic mass is 32.1. The molecular formula is C22H29N3O2S.